The molecule has 1 aromatic carbocycles. The van der Waals surface area contributed by atoms with Crippen LogP contribution in [0, 0.1) is 0 Å². The second-order valence-electron chi connectivity index (χ2n) is 6.45. The lowest BCUT2D eigenvalue weighted by Crippen LogP contribution is -2.35. The summed E-state index contributed by atoms with van der Waals surface area (Å²) in [5, 5.41) is 2.95. The molecule has 1 aliphatic rings. The van der Waals surface area contributed by atoms with Crippen molar-refractivity contribution in [2.75, 3.05) is 41.3 Å². The molecule has 0 saturated carbocycles. The highest BCUT2D eigenvalue weighted by molar-refractivity contribution is 14.0. The molecule has 0 radical (unpaired) electrons. The number of aliphatic imine (C=N–C) groups is 1. The van der Waals surface area contributed by atoms with Crippen LogP contribution in [0.1, 0.15) is 28.8 Å². The van der Waals surface area contributed by atoms with E-state index in [-0.39, 0.29) is 36.0 Å². The van der Waals surface area contributed by atoms with E-state index in [0.717, 1.165) is 31.0 Å². The third-order valence-corrected chi connectivity index (χ3v) is 3.91. The van der Waals surface area contributed by atoms with Gasteiger partial charge in [0.2, 0.25) is 0 Å². The van der Waals surface area contributed by atoms with Crippen molar-refractivity contribution in [3.63, 3.8) is 0 Å². The van der Waals surface area contributed by atoms with Crippen molar-refractivity contribution in [2.24, 2.45) is 4.99 Å². The highest BCUT2D eigenvalue weighted by atomic mass is 127. The van der Waals surface area contributed by atoms with Crippen LogP contribution in [0.4, 0.5) is 0 Å². The summed E-state index contributed by atoms with van der Waals surface area (Å²) in [6, 6.07) is 7.62. The van der Waals surface area contributed by atoms with Crippen LogP contribution >= 0.6 is 24.0 Å². The lowest BCUT2D eigenvalue weighted by molar-refractivity contribution is 0.0857. The molecule has 1 N–H and O–H groups in total. The fourth-order valence-electron chi connectivity index (χ4n) is 2.77. The summed E-state index contributed by atoms with van der Waals surface area (Å²) in [4.78, 5) is 20.8. The lowest BCUT2D eigenvalue weighted by atomic mass is 10.1. The maximum absolute atomic E-state index is 12.3. The van der Waals surface area contributed by atoms with Gasteiger partial charge in [0.25, 0.3) is 5.91 Å². The van der Waals surface area contributed by atoms with Gasteiger partial charge in [0.05, 0.1) is 12.6 Å². The third-order valence-electron chi connectivity index (χ3n) is 3.91. The minimum absolute atomic E-state index is 0. The van der Waals surface area contributed by atoms with Gasteiger partial charge in [-0.2, -0.15) is 0 Å². The number of rotatable bonds is 5. The molecule has 0 bridgehead atoms. The monoisotopic (exact) mass is 460 g/mol. The van der Waals surface area contributed by atoms with Gasteiger partial charge in [-0.05, 0) is 30.5 Å². The van der Waals surface area contributed by atoms with Gasteiger partial charge in [-0.25, -0.2) is 4.99 Å². The number of carbonyl (C=O) groups excluding carboxylic acids is 1. The van der Waals surface area contributed by atoms with E-state index >= 15 is 0 Å². The van der Waals surface area contributed by atoms with Crippen molar-refractivity contribution in [1.29, 1.82) is 0 Å². The molecule has 6 nitrogen and oxygen atoms in total. The van der Waals surface area contributed by atoms with E-state index in [1.165, 1.54) is 0 Å². The Kier molecular flexibility index (Phi) is 9.20. The first-order chi connectivity index (χ1) is 11.5. The van der Waals surface area contributed by atoms with Crippen molar-refractivity contribution in [3.05, 3.63) is 35.4 Å². The maximum Gasteiger partial charge on any atom is 0.251 e. The molecule has 1 aromatic rings. The van der Waals surface area contributed by atoms with E-state index in [0.29, 0.717) is 18.7 Å². The zero-order chi connectivity index (χ0) is 17.5. The fraction of sp³-hybridized carbons (Fsp3) is 0.556. The summed E-state index contributed by atoms with van der Waals surface area (Å²) < 4.78 is 5.53. The van der Waals surface area contributed by atoms with Gasteiger partial charge in [-0.1, -0.05) is 12.1 Å². The quantitative estimate of drug-likeness (QED) is 0.416. The molecule has 1 unspecified atom stereocenters. The molecule has 140 valence electrons. The Morgan fingerprint density at radius 2 is 2.00 bits per heavy atom. The molecular formula is C18H29IN4O2. The summed E-state index contributed by atoms with van der Waals surface area (Å²) in [6.45, 7) is 1.92. The van der Waals surface area contributed by atoms with Crippen molar-refractivity contribution in [3.8, 4) is 0 Å². The predicted molar refractivity (Wildman–Crippen MR) is 112 cm³/mol. The maximum atomic E-state index is 12.3. The number of hydrogen-bond donors (Lipinski definition) is 1. The van der Waals surface area contributed by atoms with Crippen LogP contribution in [0.5, 0.6) is 0 Å². The Hall–Kier alpha value is -1.35. The van der Waals surface area contributed by atoms with E-state index in [1.54, 1.807) is 0 Å². The molecule has 1 heterocycles. The van der Waals surface area contributed by atoms with Crippen LogP contribution in [0.25, 0.3) is 0 Å². The average molecular weight is 460 g/mol. The average Bonchev–Trinajstić information content (AvgIpc) is 3.06. The number of hydrogen-bond acceptors (Lipinski definition) is 3. The van der Waals surface area contributed by atoms with Gasteiger partial charge in [0, 0.05) is 46.9 Å². The summed E-state index contributed by atoms with van der Waals surface area (Å²) in [5.74, 6) is 0.833. The lowest BCUT2D eigenvalue weighted by Gasteiger charge is -2.22. The number of ether oxygens (including phenoxy) is 1. The second kappa shape index (κ2) is 10.6. The van der Waals surface area contributed by atoms with E-state index in [9.17, 15) is 4.79 Å². The molecule has 1 aliphatic heterocycles. The van der Waals surface area contributed by atoms with Gasteiger partial charge < -0.3 is 19.9 Å². The van der Waals surface area contributed by atoms with E-state index in [2.05, 4.69) is 10.3 Å². The van der Waals surface area contributed by atoms with E-state index in [1.807, 2.05) is 62.3 Å². The highest BCUT2D eigenvalue weighted by Gasteiger charge is 2.16. The Balaban J connectivity index is 0.00000312. The first kappa shape index (κ1) is 21.7. The summed E-state index contributed by atoms with van der Waals surface area (Å²) in [6.07, 6.45) is 2.26. The number of benzene rings is 1. The Labute approximate surface area is 167 Å². The van der Waals surface area contributed by atoms with Crippen molar-refractivity contribution in [1.82, 2.24) is 15.1 Å². The van der Waals surface area contributed by atoms with Gasteiger partial charge >= 0.3 is 0 Å². The van der Waals surface area contributed by atoms with Crippen LogP contribution in [0.3, 0.4) is 0 Å². The smallest absolute Gasteiger partial charge is 0.251 e. The minimum atomic E-state index is -0.0585. The number of carbonyl (C=O) groups is 1. The number of nitrogens with one attached hydrogen (secondary N) is 1. The topological polar surface area (TPSA) is 57.2 Å². The number of halogens is 1. The molecule has 1 amide bonds. The molecule has 1 atom stereocenters. The van der Waals surface area contributed by atoms with Gasteiger partial charge in [-0.3, -0.25) is 4.79 Å². The number of guanidine groups is 1. The fourth-order valence-corrected chi connectivity index (χ4v) is 2.77. The zero-order valence-electron chi connectivity index (χ0n) is 15.5. The Morgan fingerprint density at radius 3 is 2.60 bits per heavy atom. The second-order valence-corrected chi connectivity index (χ2v) is 6.45. The molecule has 2 rings (SSSR count). The Morgan fingerprint density at radius 1 is 1.28 bits per heavy atom. The minimum Gasteiger partial charge on any atom is -0.376 e. The van der Waals surface area contributed by atoms with Crippen molar-refractivity contribution < 1.29 is 9.53 Å². The first-order valence-corrected chi connectivity index (χ1v) is 8.35. The van der Waals surface area contributed by atoms with Crippen molar-refractivity contribution >= 4 is 35.8 Å². The van der Waals surface area contributed by atoms with Crippen LogP contribution in [-0.2, 0) is 11.3 Å². The van der Waals surface area contributed by atoms with Crippen LogP contribution in [0.2, 0.25) is 0 Å². The van der Waals surface area contributed by atoms with E-state index in [4.69, 9.17) is 4.74 Å². The predicted octanol–water partition coefficient (Wildman–Crippen LogP) is 2.19. The largest absolute Gasteiger partial charge is 0.376 e. The number of nitrogens with zero attached hydrogens (tertiary/aromatic N) is 3. The summed E-state index contributed by atoms with van der Waals surface area (Å²) in [5.41, 5.74) is 1.68. The normalized spacial score (nSPS) is 15.9. The number of amides is 1. The molecule has 0 aliphatic carbocycles. The van der Waals surface area contributed by atoms with E-state index < -0.39 is 0 Å². The Bertz CT molecular complexity index is 574. The molecule has 1 fully saturated rings. The third kappa shape index (κ3) is 6.81. The van der Waals surface area contributed by atoms with Gasteiger partial charge in [0.1, 0.15) is 0 Å². The first-order valence-electron chi connectivity index (χ1n) is 8.35. The molecule has 7 heteroatoms. The summed E-state index contributed by atoms with van der Waals surface area (Å²) in [7, 11) is 7.86. The highest BCUT2D eigenvalue weighted by Crippen LogP contribution is 2.11. The van der Waals surface area contributed by atoms with Crippen molar-refractivity contribution in [2.45, 2.75) is 25.5 Å². The standard InChI is InChI=1S/C18H28N4O2.HI/c1-21(2)18(22(3)4)20-12-14-7-5-8-15(11-14)17(23)19-13-16-9-6-10-24-16;/h5,7-8,11,16H,6,9-10,12-13H2,1-4H3,(H,19,23);1H. The zero-order valence-corrected chi connectivity index (χ0v) is 17.8. The SMILES string of the molecule is CN(C)C(=NCc1cccc(C(=O)NCC2CCCO2)c1)N(C)C.I. The van der Waals surface area contributed by atoms with Crippen LogP contribution in [0.15, 0.2) is 29.3 Å². The van der Waals surface area contributed by atoms with Crippen LogP contribution < -0.4 is 5.32 Å². The molecule has 25 heavy (non-hydrogen) atoms. The molecule has 1 saturated heterocycles. The van der Waals surface area contributed by atoms with Gasteiger partial charge in [-0.15, -0.1) is 24.0 Å². The van der Waals surface area contributed by atoms with Gasteiger partial charge in [0.15, 0.2) is 5.96 Å². The van der Waals surface area contributed by atoms with Crippen LogP contribution in [-0.4, -0.2) is 69.1 Å². The molecule has 0 aromatic heterocycles. The molecule has 0 spiro atoms. The summed E-state index contributed by atoms with van der Waals surface area (Å²) >= 11 is 0. The molecular weight excluding hydrogens is 431 g/mol.